The van der Waals surface area contributed by atoms with Crippen molar-refractivity contribution in [3.05, 3.63) is 65.5 Å². The molecule has 3 rings (SSSR count). The van der Waals surface area contributed by atoms with Gasteiger partial charge in [-0.05, 0) is 61.4 Å². The van der Waals surface area contributed by atoms with Gasteiger partial charge in [0.2, 0.25) is 0 Å². The monoisotopic (exact) mass is 415 g/mol. The number of carbonyl (C=O) groups is 1. The minimum Gasteiger partial charge on any atom is -0.339 e. The first kappa shape index (κ1) is 20.3. The highest BCUT2D eigenvalue weighted by atomic mass is 32.2. The van der Waals surface area contributed by atoms with Gasteiger partial charge in [-0.15, -0.1) is 0 Å². The highest BCUT2D eigenvalue weighted by molar-refractivity contribution is 7.92. The van der Waals surface area contributed by atoms with Crippen molar-refractivity contribution in [2.75, 3.05) is 13.1 Å². The lowest BCUT2D eigenvalue weighted by molar-refractivity contribution is -0.137. The van der Waals surface area contributed by atoms with Gasteiger partial charge in [0.05, 0.1) is 15.7 Å². The van der Waals surface area contributed by atoms with Crippen molar-refractivity contribution in [1.82, 2.24) is 4.90 Å². The lowest BCUT2D eigenvalue weighted by Crippen LogP contribution is -2.42. The van der Waals surface area contributed by atoms with E-state index in [2.05, 4.69) is 0 Å². The molecule has 150 valence electrons. The van der Waals surface area contributed by atoms with Gasteiger partial charge < -0.3 is 4.90 Å². The van der Waals surface area contributed by atoms with Crippen LogP contribution < -0.4 is 0 Å². The molecule has 9 heteroatoms. The second-order valence-corrected chi connectivity index (χ2v) is 8.79. The third kappa shape index (κ3) is 4.19. The third-order valence-electron chi connectivity index (χ3n) is 4.77. The number of sulfone groups is 1. The first-order valence-corrected chi connectivity index (χ1v) is 10.1. The van der Waals surface area contributed by atoms with Gasteiger partial charge in [0.15, 0.2) is 9.84 Å². The fraction of sp³-hybridized carbons (Fsp3) is 0.316. The van der Waals surface area contributed by atoms with E-state index in [4.69, 9.17) is 0 Å². The van der Waals surface area contributed by atoms with Crippen LogP contribution in [-0.2, 0) is 16.0 Å². The molecule has 1 amide bonds. The van der Waals surface area contributed by atoms with Gasteiger partial charge >= 0.3 is 6.18 Å². The zero-order chi connectivity index (χ0) is 20.5. The van der Waals surface area contributed by atoms with E-state index < -0.39 is 38.6 Å². The smallest absolute Gasteiger partial charge is 0.339 e. The van der Waals surface area contributed by atoms with Crippen molar-refractivity contribution in [2.45, 2.75) is 29.2 Å². The summed E-state index contributed by atoms with van der Waals surface area (Å²) in [5.74, 6) is -0.970. The van der Waals surface area contributed by atoms with Crippen molar-refractivity contribution in [3.63, 3.8) is 0 Å². The summed E-state index contributed by atoms with van der Waals surface area (Å²) >= 11 is 0. The molecule has 0 aromatic heterocycles. The lowest BCUT2D eigenvalue weighted by atomic mass is 10.1. The first-order valence-electron chi connectivity index (χ1n) is 8.55. The Morgan fingerprint density at radius 1 is 0.929 bits per heavy atom. The van der Waals surface area contributed by atoms with Crippen LogP contribution in [0.5, 0.6) is 0 Å². The number of carbonyl (C=O) groups excluding carboxylic acids is 1. The zero-order valence-electron chi connectivity index (χ0n) is 14.6. The number of benzene rings is 2. The average Bonchev–Trinajstić information content (AvgIpc) is 2.67. The first-order chi connectivity index (χ1) is 13.1. The van der Waals surface area contributed by atoms with Crippen LogP contribution in [-0.4, -0.2) is 37.6 Å². The number of halogens is 4. The number of likely N-dealkylation sites (tertiary alicyclic amines) is 1. The van der Waals surface area contributed by atoms with Gasteiger partial charge in [-0.2, -0.15) is 13.2 Å². The molecule has 2 aromatic rings. The predicted octanol–water partition coefficient (Wildman–Crippen LogP) is 3.92. The maximum absolute atomic E-state index is 13.0. The molecule has 1 saturated heterocycles. The molecule has 1 heterocycles. The summed E-state index contributed by atoms with van der Waals surface area (Å²) in [5.41, 5.74) is -0.721. The lowest BCUT2D eigenvalue weighted by Gasteiger charge is -2.32. The summed E-state index contributed by atoms with van der Waals surface area (Å²) in [4.78, 5) is 13.9. The standard InChI is InChI=1S/C19H17F4NO3S/c20-15-5-7-16(8-6-15)28(26,27)17-9-11-24(12-10-17)18(25)13-1-3-14(4-2-13)19(21,22)23/h1-8,17H,9-12H2. The van der Waals surface area contributed by atoms with Crippen LogP contribution in [0.2, 0.25) is 0 Å². The maximum Gasteiger partial charge on any atom is 0.416 e. The molecule has 0 aliphatic carbocycles. The zero-order valence-corrected chi connectivity index (χ0v) is 15.4. The van der Waals surface area contributed by atoms with E-state index in [1.807, 2.05) is 0 Å². The number of rotatable bonds is 3. The van der Waals surface area contributed by atoms with Gasteiger partial charge in [0.1, 0.15) is 5.82 Å². The highest BCUT2D eigenvalue weighted by Crippen LogP contribution is 2.30. The molecule has 0 atom stereocenters. The number of piperidine rings is 1. The van der Waals surface area contributed by atoms with E-state index in [1.165, 1.54) is 17.0 Å². The molecule has 1 aliphatic heterocycles. The summed E-state index contributed by atoms with van der Waals surface area (Å²) < 4.78 is 76.2. The van der Waals surface area contributed by atoms with Gasteiger partial charge in [-0.3, -0.25) is 4.79 Å². The van der Waals surface area contributed by atoms with E-state index in [0.717, 1.165) is 36.4 Å². The molecule has 0 unspecified atom stereocenters. The topological polar surface area (TPSA) is 54.5 Å². The molecular weight excluding hydrogens is 398 g/mol. The summed E-state index contributed by atoms with van der Waals surface area (Å²) in [5, 5.41) is -0.699. The van der Waals surface area contributed by atoms with Crippen molar-refractivity contribution in [3.8, 4) is 0 Å². The third-order valence-corrected chi connectivity index (χ3v) is 7.05. The van der Waals surface area contributed by atoms with Crippen LogP contribution in [0.3, 0.4) is 0 Å². The Balaban J connectivity index is 1.66. The van der Waals surface area contributed by atoms with Crippen LogP contribution in [0.25, 0.3) is 0 Å². The molecule has 28 heavy (non-hydrogen) atoms. The second kappa shape index (κ2) is 7.54. The number of hydrogen-bond donors (Lipinski definition) is 0. The summed E-state index contributed by atoms with van der Waals surface area (Å²) in [6.45, 7) is 0.343. The number of hydrogen-bond acceptors (Lipinski definition) is 3. The van der Waals surface area contributed by atoms with Crippen LogP contribution >= 0.6 is 0 Å². The van der Waals surface area contributed by atoms with Crippen LogP contribution in [0.15, 0.2) is 53.4 Å². The van der Waals surface area contributed by atoms with Gasteiger partial charge in [0, 0.05) is 18.7 Å². The van der Waals surface area contributed by atoms with Gasteiger partial charge in [0.25, 0.3) is 5.91 Å². The van der Waals surface area contributed by atoms with E-state index in [1.54, 1.807) is 0 Å². The van der Waals surface area contributed by atoms with E-state index in [0.29, 0.717) is 0 Å². The number of amides is 1. The van der Waals surface area contributed by atoms with Crippen molar-refractivity contribution in [1.29, 1.82) is 0 Å². The molecule has 0 N–H and O–H groups in total. The summed E-state index contributed by atoms with van der Waals surface area (Å²) in [6.07, 6.45) is -4.08. The highest BCUT2D eigenvalue weighted by Gasteiger charge is 2.34. The normalized spacial score (nSPS) is 16.2. The molecule has 1 aliphatic rings. The van der Waals surface area contributed by atoms with Crippen LogP contribution in [0.1, 0.15) is 28.8 Å². The SMILES string of the molecule is O=C(c1ccc(C(F)(F)F)cc1)N1CCC(S(=O)(=O)c2ccc(F)cc2)CC1. The van der Waals surface area contributed by atoms with Gasteiger partial charge in [-0.25, -0.2) is 12.8 Å². The largest absolute Gasteiger partial charge is 0.416 e. The molecular formula is C19H17F4NO3S. The maximum atomic E-state index is 13.0. The Morgan fingerprint density at radius 2 is 1.46 bits per heavy atom. The molecule has 0 spiro atoms. The van der Waals surface area contributed by atoms with E-state index >= 15 is 0 Å². The molecule has 1 fully saturated rings. The van der Waals surface area contributed by atoms with Crippen molar-refractivity contribution >= 4 is 15.7 Å². The predicted molar refractivity (Wildman–Crippen MR) is 94.0 cm³/mol. The van der Waals surface area contributed by atoms with Crippen molar-refractivity contribution in [2.24, 2.45) is 0 Å². The Bertz CT molecular complexity index is 946. The quantitative estimate of drug-likeness (QED) is 0.564. The Hall–Kier alpha value is -2.42. The minimum atomic E-state index is -4.48. The molecule has 0 saturated carbocycles. The average molecular weight is 415 g/mol. The fourth-order valence-electron chi connectivity index (χ4n) is 3.17. The Kier molecular flexibility index (Phi) is 5.47. The van der Waals surface area contributed by atoms with E-state index in [9.17, 15) is 30.8 Å². The molecule has 0 radical (unpaired) electrons. The fourth-order valence-corrected chi connectivity index (χ4v) is 4.90. The second-order valence-electron chi connectivity index (χ2n) is 6.57. The van der Waals surface area contributed by atoms with Crippen LogP contribution in [0.4, 0.5) is 17.6 Å². The summed E-state index contributed by atoms with van der Waals surface area (Å²) in [7, 11) is -3.64. The van der Waals surface area contributed by atoms with Crippen LogP contribution in [0, 0.1) is 5.82 Å². The minimum absolute atomic E-state index is 0.0291. The molecule has 2 aromatic carbocycles. The molecule has 0 bridgehead atoms. The Morgan fingerprint density at radius 3 is 1.96 bits per heavy atom. The van der Waals surface area contributed by atoms with E-state index in [-0.39, 0.29) is 36.4 Å². The Labute approximate surface area is 159 Å². The number of nitrogens with zero attached hydrogens (tertiary/aromatic N) is 1. The summed E-state index contributed by atoms with van der Waals surface area (Å²) in [6, 6.07) is 8.51. The van der Waals surface area contributed by atoms with Gasteiger partial charge in [-0.1, -0.05) is 0 Å². The molecule has 4 nitrogen and oxygen atoms in total. The number of alkyl halides is 3. The van der Waals surface area contributed by atoms with Crippen molar-refractivity contribution < 1.29 is 30.8 Å².